The molecular formula is C15H17NO2. The summed E-state index contributed by atoms with van der Waals surface area (Å²) < 4.78 is 5.30. The zero-order chi connectivity index (χ0) is 12.8. The summed E-state index contributed by atoms with van der Waals surface area (Å²) in [5.41, 5.74) is 1.31. The number of rotatable bonds is 6. The van der Waals surface area contributed by atoms with E-state index in [0.717, 1.165) is 18.5 Å². The van der Waals surface area contributed by atoms with E-state index in [1.165, 1.54) is 5.56 Å². The highest BCUT2D eigenvalue weighted by atomic mass is 16.3. The van der Waals surface area contributed by atoms with Crippen LogP contribution in [0.3, 0.4) is 0 Å². The summed E-state index contributed by atoms with van der Waals surface area (Å²) in [6.45, 7) is 2.78. The first-order valence-corrected chi connectivity index (χ1v) is 6.09. The molecule has 0 spiro atoms. The number of furan rings is 1. The normalized spacial score (nSPS) is 12.3. The third-order valence-electron chi connectivity index (χ3n) is 2.81. The molecule has 94 valence electrons. The summed E-state index contributed by atoms with van der Waals surface area (Å²) in [6, 6.07) is 14.2. The van der Waals surface area contributed by atoms with Crippen molar-refractivity contribution < 1.29 is 9.21 Å². The minimum Gasteiger partial charge on any atom is -0.457 e. The molecule has 0 saturated heterocycles. The number of nitrogens with one attached hydrogen (secondary N) is 1. The second kappa shape index (κ2) is 6.17. The molecule has 1 N–H and O–H groups in total. The average Bonchev–Trinajstić information content (AvgIpc) is 2.85. The number of aldehydes is 1. The molecule has 1 atom stereocenters. The monoisotopic (exact) mass is 243 g/mol. The van der Waals surface area contributed by atoms with Crippen molar-refractivity contribution in [2.24, 2.45) is 0 Å². The number of hydrogen-bond acceptors (Lipinski definition) is 3. The molecule has 2 rings (SSSR count). The summed E-state index contributed by atoms with van der Waals surface area (Å²) >= 11 is 0. The van der Waals surface area contributed by atoms with Crippen LogP contribution < -0.4 is 5.32 Å². The van der Waals surface area contributed by atoms with E-state index < -0.39 is 0 Å². The predicted molar refractivity (Wildman–Crippen MR) is 70.5 cm³/mol. The van der Waals surface area contributed by atoms with Gasteiger partial charge in [0.25, 0.3) is 0 Å². The van der Waals surface area contributed by atoms with Gasteiger partial charge in [0, 0.05) is 6.04 Å². The van der Waals surface area contributed by atoms with Crippen LogP contribution in [0.1, 0.15) is 28.8 Å². The van der Waals surface area contributed by atoms with E-state index in [2.05, 4.69) is 24.4 Å². The minimum atomic E-state index is 0.359. The van der Waals surface area contributed by atoms with Crippen molar-refractivity contribution in [3.63, 3.8) is 0 Å². The summed E-state index contributed by atoms with van der Waals surface area (Å²) in [5, 5.41) is 3.38. The van der Waals surface area contributed by atoms with Gasteiger partial charge in [-0.1, -0.05) is 30.3 Å². The van der Waals surface area contributed by atoms with Crippen molar-refractivity contribution >= 4 is 6.29 Å². The molecule has 3 nitrogen and oxygen atoms in total. The van der Waals surface area contributed by atoms with Crippen LogP contribution in [0.4, 0.5) is 0 Å². The second-order valence-corrected chi connectivity index (χ2v) is 4.39. The summed E-state index contributed by atoms with van der Waals surface area (Å²) in [6.07, 6.45) is 1.69. The highest BCUT2D eigenvalue weighted by Crippen LogP contribution is 2.07. The molecule has 1 unspecified atom stereocenters. The first-order valence-electron chi connectivity index (χ1n) is 6.09. The maximum atomic E-state index is 10.5. The zero-order valence-corrected chi connectivity index (χ0v) is 10.4. The van der Waals surface area contributed by atoms with Gasteiger partial charge in [-0.15, -0.1) is 0 Å². The lowest BCUT2D eigenvalue weighted by molar-refractivity contribution is 0.109. The van der Waals surface area contributed by atoms with Gasteiger partial charge in [0.15, 0.2) is 12.0 Å². The molecule has 0 amide bonds. The Hall–Kier alpha value is -1.87. The lowest BCUT2D eigenvalue weighted by atomic mass is 10.1. The Kier molecular flexibility index (Phi) is 4.31. The van der Waals surface area contributed by atoms with Gasteiger partial charge >= 0.3 is 0 Å². The van der Waals surface area contributed by atoms with E-state index in [0.29, 0.717) is 18.3 Å². The lowest BCUT2D eigenvalue weighted by Gasteiger charge is -2.12. The van der Waals surface area contributed by atoms with Crippen LogP contribution in [-0.2, 0) is 13.0 Å². The molecule has 18 heavy (non-hydrogen) atoms. The van der Waals surface area contributed by atoms with Crippen molar-refractivity contribution in [1.82, 2.24) is 5.32 Å². The van der Waals surface area contributed by atoms with Crippen molar-refractivity contribution in [1.29, 1.82) is 0 Å². The molecule has 0 aliphatic heterocycles. The van der Waals surface area contributed by atoms with Crippen LogP contribution in [0.5, 0.6) is 0 Å². The fraction of sp³-hybridized carbons (Fsp3) is 0.267. The fourth-order valence-corrected chi connectivity index (χ4v) is 1.87. The SMILES string of the molecule is CC(Cc1ccccc1)NCc1ccc(C=O)o1. The van der Waals surface area contributed by atoms with E-state index in [1.54, 1.807) is 6.07 Å². The Morgan fingerprint density at radius 1 is 1.22 bits per heavy atom. The molecule has 0 bridgehead atoms. The third-order valence-corrected chi connectivity index (χ3v) is 2.81. The number of carbonyl (C=O) groups is 1. The predicted octanol–water partition coefficient (Wildman–Crippen LogP) is 2.81. The van der Waals surface area contributed by atoms with Gasteiger partial charge in [-0.05, 0) is 31.0 Å². The molecule has 0 fully saturated rings. The molecule has 1 heterocycles. The van der Waals surface area contributed by atoms with E-state index in [1.807, 2.05) is 24.3 Å². The highest BCUT2D eigenvalue weighted by Gasteiger charge is 2.05. The van der Waals surface area contributed by atoms with E-state index in [4.69, 9.17) is 4.42 Å². The zero-order valence-electron chi connectivity index (χ0n) is 10.4. The van der Waals surface area contributed by atoms with Crippen LogP contribution in [0.2, 0.25) is 0 Å². The highest BCUT2D eigenvalue weighted by molar-refractivity contribution is 5.70. The summed E-state index contributed by atoms with van der Waals surface area (Å²) in [5.74, 6) is 1.17. The number of hydrogen-bond donors (Lipinski definition) is 1. The molecule has 0 aliphatic rings. The Morgan fingerprint density at radius 3 is 2.67 bits per heavy atom. The van der Waals surface area contributed by atoms with Crippen molar-refractivity contribution in [2.75, 3.05) is 0 Å². The van der Waals surface area contributed by atoms with Gasteiger partial charge in [0.05, 0.1) is 6.54 Å². The average molecular weight is 243 g/mol. The van der Waals surface area contributed by atoms with Gasteiger partial charge in [-0.2, -0.15) is 0 Å². The molecule has 1 aromatic heterocycles. The van der Waals surface area contributed by atoms with Gasteiger partial charge in [0.2, 0.25) is 0 Å². The fourth-order valence-electron chi connectivity index (χ4n) is 1.87. The minimum absolute atomic E-state index is 0.359. The molecule has 0 saturated carbocycles. The molecule has 1 aromatic carbocycles. The molecular weight excluding hydrogens is 226 g/mol. The summed E-state index contributed by atoms with van der Waals surface area (Å²) in [4.78, 5) is 10.5. The van der Waals surface area contributed by atoms with Crippen molar-refractivity contribution in [3.8, 4) is 0 Å². The van der Waals surface area contributed by atoms with Gasteiger partial charge < -0.3 is 9.73 Å². The second-order valence-electron chi connectivity index (χ2n) is 4.39. The maximum absolute atomic E-state index is 10.5. The number of benzene rings is 1. The Labute approximate surface area is 107 Å². The van der Waals surface area contributed by atoms with E-state index >= 15 is 0 Å². The standard InChI is InChI=1S/C15H17NO2/c1-12(9-13-5-3-2-4-6-13)16-10-14-7-8-15(11-17)18-14/h2-8,11-12,16H,9-10H2,1H3. The Balaban J connectivity index is 1.81. The van der Waals surface area contributed by atoms with Crippen LogP contribution in [0.25, 0.3) is 0 Å². The van der Waals surface area contributed by atoms with Crippen LogP contribution in [0, 0.1) is 0 Å². The Morgan fingerprint density at radius 2 is 2.00 bits per heavy atom. The molecule has 2 aromatic rings. The van der Waals surface area contributed by atoms with E-state index in [9.17, 15) is 4.79 Å². The van der Waals surface area contributed by atoms with Gasteiger partial charge in [-0.3, -0.25) is 4.79 Å². The molecule has 0 radical (unpaired) electrons. The quantitative estimate of drug-likeness (QED) is 0.793. The van der Waals surface area contributed by atoms with Crippen LogP contribution >= 0.6 is 0 Å². The first-order chi connectivity index (χ1) is 8.78. The van der Waals surface area contributed by atoms with Gasteiger partial charge in [-0.25, -0.2) is 0 Å². The smallest absolute Gasteiger partial charge is 0.185 e. The summed E-state index contributed by atoms with van der Waals surface area (Å²) in [7, 11) is 0. The van der Waals surface area contributed by atoms with E-state index in [-0.39, 0.29) is 0 Å². The first kappa shape index (κ1) is 12.6. The largest absolute Gasteiger partial charge is 0.457 e. The maximum Gasteiger partial charge on any atom is 0.185 e. The topological polar surface area (TPSA) is 42.2 Å². The van der Waals surface area contributed by atoms with Crippen molar-refractivity contribution in [2.45, 2.75) is 25.9 Å². The lowest BCUT2D eigenvalue weighted by Crippen LogP contribution is -2.27. The third kappa shape index (κ3) is 3.57. The van der Waals surface area contributed by atoms with Crippen LogP contribution in [0.15, 0.2) is 46.9 Å². The molecule has 0 aliphatic carbocycles. The van der Waals surface area contributed by atoms with Crippen molar-refractivity contribution in [3.05, 3.63) is 59.5 Å². The molecule has 3 heteroatoms. The number of carbonyl (C=O) groups excluding carboxylic acids is 1. The van der Waals surface area contributed by atoms with Gasteiger partial charge in [0.1, 0.15) is 5.76 Å². The Bertz CT molecular complexity index is 490. The van der Waals surface area contributed by atoms with Crippen LogP contribution in [-0.4, -0.2) is 12.3 Å².